The number of aromatic nitrogens is 1. The van der Waals surface area contributed by atoms with Crippen LogP contribution in [0.5, 0.6) is 0 Å². The summed E-state index contributed by atoms with van der Waals surface area (Å²) in [7, 11) is 0. The predicted molar refractivity (Wildman–Crippen MR) is 46.5 cm³/mol. The Morgan fingerprint density at radius 3 is 2.67 bits per heavy atom. The molecule has 1 aromatic heterocycles. The fraction of sp³-hybridized carbons (Fsp3) is 0.375. The van der Waals surface area contributed by atoms with Crippen LogP contribution in [0.3, 0.4) is 0 Å². The molecule has 0 saturated heterocycles. The van der Waals surface area contributed by atoms with Crippen molar-refractivity contribution in [3.05, 3.63) is 33.0 Å². The molecule has 82 valence electrons. The first kappa shape index (κ1) is 11.4. The van der Waals surface area contributed by atoms with Crippen LogP contribution in [-0.4, -0.2) is 15.0 Å². The molecule has 0 aromatic carbocycles. The van der Waals surface area contributed by atoms with E-state index >= 15 is 0 Å². The minimum Gasteiger partial charge on any atom is -0.392 e. The molecule has 0 aliphatic carbocycles. The summed E-state index contributed by atoms with van der Waals surface area (Å²) in [5.41, 5.74) is -0.559. The second-order valence-electron chi connectivity index (χ2n) is 2.86. The van der Waals surface area contributed by atoms with Crippen molar-refractivity contribution >= 4 is 5.82 Å². The Hall–Kier alpha value is -1.63. The SMILES string of the molecule is Cc1c(CO)cnc([N+](=O)[O-])c1C(F)F. The second-order valence-corrected chi connectivity index (χ2v) is 2.86. The van der Waals surface area contributed by atoms with E-state index in [0.717, 1.165) is 6.20 Å². The molecule has 0 amide bonds. The summed E-state index contributed by atoms with van der Waals surface area (Å²) in [6.07, 6.45) is -1.95. The molecule has 0 atom stereocenters. The van der Waals surface area contributed by atoms with Crippen LogP contribution < -0.4 is 0 Å². The van der Waals surface area contributed by atoms with E-state index in [9.17, 15) is 18.9 Å². The maximum atomic E-state index is 12.5. The topological polar surface area (TPSA) is 76.3 Å². The predicted octanol–water partition coefficient (Wildman–Crippen LogP) is 1.73. The van der Waals surface area contributed by atoms with Gasteiger partial charge in [0, 0.05) is 5.56 Å². The second kappa shape index (κ2) is 4.26. The largest absolute Gasteiger partial charge is 0.392 e. The van der Waals surface area contributed by atoms with E-state index in [4.69, 9.17) is 5.11 Å². The van der Waals surface area contributed by atoms with Crippen molar-refractivity contribution in [3.63, 3.8) is 0 Å². The van der Waals surface area contributed by atoms with Gasteiger partial charge in [0.15, 0.2) is 0 Å². The van der Waals surface area contributed by atoms with E-state index in [1.54, 1.807) is 0 Å². The van der Waals surface area contributed by atoms with E-state index in [-0.39, 0.29) is 11.1 Å². The molecule has 1 aromatic rings. The Bertz CT molecular complexity index is 396. The lowest BCUT2D eigenvalue weighted by atomic mass is 10.1. The summed E-state index contributed by atoms with van der Waals surface area (Å²) >= 11 is 0. The highest BCUT2D eigenvalue weighted by atomic mass is 19.3. The molecule has 1 rings (SSSR count). The minimum absolute atomic E-state index is 0.00852. The van der Waals surface area contributed by atoms with Crippen LogP contribution in [0, 0.1) is 17.0 Å². The monoisotopic (exact) mass is 218 g/mol. The number of nitrogens with zero attached hydrogens (tertiary/aromatic N) is 2. The minimum atomic E-state index is -2.98. The number of pyridine rings is 1. The van der Waals surface area contributed by atoms with Crippen molar-refractivity contribution in [3.8, 4) is 0 Å². The number of nitro groups is 1. The summed E-state index contributed by atoms with van der Waals surface area (Å²) < 4.78 is 25.1. The van der Waals surface area contributed by atoms with Crippen molar-refractivity contribution < 1.29 is 18.8 Å². The molecule has 1 heterocycles. The van der Waals surface area contributed by atoms with E-state index in [1.165, 1.54) is 6.92 Å². The first-order valence-electron chi connectivity index (χ1n) is 4.00. The molecule has 15 heavy (non-hydrogen) atoms. The van der Waals surface area contributed by atoms with Gasteiger partial charge in [-0.25, -0.2) is 8.78 Å². The van der Waals surface area contributed by atoms with Crippen LogP contribution in [0.25, 0.3) is 0 Å². The van der Waals surface area contributed by atoms with Gasteiger partial charge in [-0.2, -0.15) is 0 Å². The molecule has 1 N–H and O–H groups in total. The zero-order chi connectivity index (χ0) is 11.6. The smallest absolute Gasteiger partial charge is 0.372 e. The van der Waals surface area contributed by atoms with E-state index in [0.29, 0.717) is 0 Å². The molecule has 5 nitrogen and oxygen atoms in total. The van der Waals surface area contributed by atoms with Gasteiger partial charge in [-0.1, -0.05) is 0 Å². The number of aliphatic hydroxyl groups is 1. The lowest BCUT2D eigenvalue weighted by Gasteiger charge is -2.07. The maximum absolute atomic E-state index is 12.5. The maximum Gasteiger partial charge on any atom is 0.372 e. The van der Waals surface area contributed by atoms with Crippen LogP contribution in [0.4, 0.5) is 14.6 Å². The average Bonchev–Trinajstić information content (AvgIpc) is 2.16. The van der Waals surface area contributed by atoms with Gasteiger partial charge in [-0.3, -0.25) is 0 Å². The van der Waals surface area contributed by atoms with Crippen LogP contribution in [0.2, 0.25) is 0 Å². The summed E-state index contributed by atoms with van der Waals surface area (Å²) in [5.74, 6) is -0.861. The highest BCUT2D eigenvalue weighted by molar-refractivity contribution is 5.43. The number of rotatable bonds is 3. The molecule has 0 spiro atoms. The number of hydrogen-bond donors (Lipinski definition) is 1. The number of halogens is 2. The Labute approximate surface area is 83.5 Å². The lowest BCUT2D eigenvalue weighted by Crippen LogP contribution is -2.04. The molecule has 7 heteroatoms. The normalized spacial score (nSPS) is 10.7. The van der Waals surface area contributed by atoms with Gasteiger partial charge >= 0.3 is 5.82 Å². The summed E-state index contributed by atoms with van der Waals surface area (Å²) in [4.78, 5) is 12.8. The van der Waals surface area contributed by atoms with Crippen LogP contribution >= 0.6 is 0 Å². The quantitative estimate of drug-likeness (QED) is 0.619. The van der Waals surface area contributed by atoms with Gasteiger partial charge in [0.2, 0.25) is 0 Å². The van der Waals surface area contributed by atoms with Gasteiger partial charge in [-0.05, 0) is 22.4 Å². The lowest BCUT2D eigenvalue weighted by molar-refractivity contribution is -0.391. The van der Waals surface area contributed by atoms with E-state index < -0.39 is 29.3 Å². The molecule has 0 radical (unpaired) electrons. The fourth-order valence-corrected chi connectivity index (χ4v) is 1.21. The third kappa shape index (κ3) is 2.07. The van der Waals surface area contributed by atoms with Gasteiger partial charge in [0.1, 0.15) is 11.8 Å². The Balaban J connectivity index is 3.44. The first-order valence-corrected chi connectivity index (χ1v) is 4.00. The van der Waals surface area contributed by atoms with Gasteiger partial charge in [0.05, 0.1) is 6.61 Å². The zero-order valence-corrected chi connectivity index (χ0v) is 7.78. The van der Waals surface area contributed by atoms with Crippen molar-refractivity contribution in [2.45, 2.75) is 20.0 Å². The highest BCUT2D eigenvalue weighted by Crippen LogP contribution is 2.31. The molecule has 0 aliphatic rings. The van der Waals surface area contributed by atoms with Crippen molar-refractivity contribution in [1.82, 2.24) is 4.98 Å². The Kier molecular flexibility index (Phi) is 3.25. The first-order chi connectivity index (χ1) is 6.99. The van der Waals surface area contributed by atoms with Gasteiger partial charge in [0.25, 0.3) is 6.43 Å². The fourth-order valence-electron chi connectivity index (χ4n) is 1.21. The van der Waals surface area contributed by atoms with E-state index in [2.05, 4.69) is 4.98 Å². The molecular formula is C8H8F2N2O3. The van der Waals surface area contributed by atoms with Crippen LogP contribution in [-0.2, 0) is 6.61 Å². The molecular weight excluding hydrogens is 210 g/mol. The van der Waals surface area contributed by atoms with Gasteiger partial charge in [-0.15, -0.1) is 0 Å². The average molecular weight is 218 g/mol. The third-order valence-electron chi connectivity index (χ3n) is 2.03. The van der Waals surface area contributed by atoms with Crippen molar-refractivity contribution in [2.24, 2.45) is 0 Å². The van der Waals surface area contributed by atoms with Crippen LogP contribution in [0.1, 0.15) is 23.1 Å². The standard InChI is InChI=1S/C8H8F2N2O3/c1-4-5(3-13)2-11-8(12(14)15)6(4)7(9)10/h2,7,13H,3H2,1H3. The van der Waals surface area contributed by atoms with E-state index in [1.807, 2.05) is 0 Å². The van der Waals surface area contributed by atoms with Crippen LogP contribution in [0.15, 0.2) is 6.20 Å². The third-order valence-corrected chi connectivity index (χ3v) is 2.03. The van der Waals surface area contributed by atoms with Crippen molar-refractivity contribution in [1.29, 1.82) is 0 Å². The summed E-state index contributed by atoms with van der Waals surface area (Å²) in [6.45, 7) is 0.818. The number of alkyl halides is 2. The van der Waals surface area contributed by atoms with Crippen molar-refractivity contribution in [2.75, 3.05) is 0 Å². The highest BCUT2D eigenvalue weighted by Gasteiger charge is 2.27. The summed E-state index contributed by atoms with van der Waals surface area (Å²) in [5, 5.41) is 19.2. The van der Waals surface area contributed by atoms with Gasteiger partial charge < -0.3 is 15.2 Å². The molecule has 0 saturated carbocycles. The molecule has 0 bridgehead atoms. The molecule has 0 aliphatic heterocycles. The zero-order valence-electron chi connectivity index (χ0n) is 7.78. The molecule has 0 fully saturated rings. The summed E-state index contributed by atoms with van der Waals surface area (Å²) in [6, 6.07) is 0. The number of hydrogen-bond acceptors (Lipinski definition) is 4. The molecule has 0 unspecified atom stereocenters. The Morgan fingerprint density at radius 2 is 2.27 bits per heavy atom. The Morgan fingerprint density at radius 1 is 1.67 bits per heavy atom. The number of aliphatic hydroxyl groups excluding tert-OH is 1.